The molecule has 0 aliphatic rings. The Bertz CT molecular complexity index is 558. The number of halogens is 2. The summed E-state index contributed by atoms with van der Waals surface area (Å²) in [5, 5.41) is 3.10. The van der Waals surface area contributed by atoms with Gasteiger partial charge in [0.05, 0.1) is 0 Å². The number of ether oxygens (including phenoxy) is 1. The molecule has 0 aliphatic carbocycles. The van der Waals surface area contributed by atoms with Gasteiger partial charge in [0, 0.05) is 6.54 Å². The molecule has 4 heteroatoms. The highest BCUT2D eigenvalue weighted by atomic mass is 19.1. The van der Waals surface area contributed by atoms with E-state index in [2.05, 4.69) is 5.32 Å². The van der Waals surface area contributed by atoms with Gasteiger partial charge >= 0.3 is 0 Å². The van der Waals surface area contributed by atoms with Crippen LogP contribution in [-0.4, -0.2) is 6.54 Å². The number of benzene rings is 2. The fourth-order valence-electron chi connectivity index (χ4n) is 1.65. The van der Waals surface area contributed by atoms with E-state index in [9.17, 15) is 8.78 Å². The molecular weight excluding hydrogens is 248 g/mol. The molecule has 0 fully saturated rings. The van der Waals surface area contributed by atoms with E-state index >= 15 is 0 Å². The van der Waals surface area contributed by atoms with Crippen molar-refractivity contribution in [2.24, 2.45) is 0 Å². The second-order valence-corrected chi connectivity index (χ2v) is 4.08. The Hall–Kier alpha value is -1.94. The van der Waals surface area contributed by atoms with E-state index in [4.69, 9.17) is 4.74 Å². The van der Waals surface area contributed by atoms with Crippen molar-refractivity contribution in [1.82, 2.24) is 5.32 Å². The lowest BCUT2D eigenvalue weighted by molar-refractivity contribution is 0.414. The minimum atomic E-state index is -0.515. The van der Waals surface area contributed by atoms with Gasteiger partial charge in [-0.25, -0.2) is 8.78 Å². The third-order valence-corrected chi connectivity index (χ3v) is 2.63. The van der Waals surface area contributed by atoms with Gasteiger partial charge in [0.15, 0.2) is 23.1 Å². The summed E-state index contributed by atoms with van der Waals surface area (Å²) in [6, 6.07) is 10.6. The van der Waals surface area contributed by atoms with Crippen LogP contribution in [0, 0.1) is 11.6 Å². The van der Waals surface area contributed by atoms with Crippen LogP contribution in [0.3, 0.4) is 0 Å². The molecule has 0 bridgehead atoms. The average Bonchev–Trinajstić information content (AvgIpc) is 2.41. The number of rotatable bonds is 5. The maximum absolute atomic E-state index is 13.8. The minimum absolute atomic E-state index is 0.0147. The summed E-state index contributed by atoms with van der Waals surface area (Å²) in [7, 11) is 0. The normalized spacial score (nSPS) is 10.5. The van der Waals surface area contributed by atoms with Gasteiger partial charge in [-0.05, 0) is 36.4 Å². The van der Waals surface area contributed by atoms with Crippen LogP contribution in [0.4, 0.5) is 8.78 Å². The molecule has 0 unspecified atom stereocenters. The Morgan fingerprint density at radius 1 is 1.00 bits per heavy atom. The first-order valence-electron chi connectivity index (χ1n) is 6.12. The number of hydrogen-bond donors (Lipinski definition) is 1. The predicted octanol–water partition coefficient (Wildman–Crippen LogP) is 3.87. The third-order valence-electron chi connectivity index (χ3n) is 2.63. The zero-order valence-corrected chi connectivity index (χ0v) is 10.6. The number of para-hydroxylation sites is 1. The smallest absolute Gasteiger partial charge is 0.166 e. The fourth-order valence-corrected chi connectivity index (χ4v) is 1.65. The Labute approximate surface area is 111 Å². The molecule has 0 saturated heterocycles. The molecule has 0 atom stereocenters. The van der Waals surface area contributed by atoms with Crippen molar-refractivity contribution in [3.05, 3.63) is 59.7 Å². The predicted molar refractivity (Wildman–Crippen MR) is 70.3 cm³/mol. The molecule has 0 amide bonds. The molecular formula is C15H15F2NO. The Balaban J connectivity index is 2.15. The van der Waals surface area contributed by atoms with Crippen LogP contribution in [0.25, 0.3) is 0 Å². The molecule has 100 valence electrons. The summed E-state index contributed by atoms with van der Waals surface area (Å²) < 4.78 is 32.4. The quantitative estimate of drug-likeness (QED) is 0.884. The summed E-state index contributed by atoms with van der Waals surface area (Å²) in [5.74, 6) is -0.983. The first-order valence-corrected chi connectivity index (χ1v) is 6.12. The lowest BCUT2D eigenvalue weighted by Crippen LogP contribution is -2.11. The van der Waals surface area contributed by atoms with Crippen molar-refractivity contribution in [2.75, 3.05) is 6.54 Å². The van der Waals surface area contributed by atoms with Crippen LogP contribution in [0.5, 0.6) is 11.5 Å². The van der Waals surface area contributed by atoms with E-state index in [0.717, 1.165) is 12.1 Å². The first-order chi connectivity index (χ1) is 9.20. The Kier molecular flexibility index (Phi) is 4.47. The average molecular weight is 263 g/mol. The van der Waals surface area contributed by atoms with E-state index in [1.807, 2.05) is 6.92 Å². The monoisotopic (exact) mass is 263 g/mol. The van der Waals surface area contributed by atoms with Gasteiger partial charge in [-0.1, -0.05) is 25.1 Å². The van der Waals surface area contributed by atoms with Gasteiger partial charge in [-0.2, -0.15) is 0 Å². The molecule has 19 heavy (non-hydrogen) atoms. The van der Waals surface area contributed by atoms with Gasteiger partial charge in [-0.15, -0.1) is 0 Å². The van der Waals surface area contributed by atoms with Crippen LogP contribution in [0.15, 0.2) is 42.5 Å². The van der Waals surface area contributed by atoms with Crippen molar-refractivity contribution >= 4 is 0 Å². The van der Waals surface area contributed by atoms with Crippen LogP contribution in [0.2, 0.25) is 0 Å². The maximum Gasteiger partial charge on any atom is 0.166 e. The van der Waals surface area contributed by atoms with Gasteiger partial charge in [0.25, 0.3) is 0 Å². The summed E-state index contributed by atoms with van der Waals surface area (Å²) in [6.45, 7) is 3.38. The van der Waals surface area contributed by atoms with Crippen molar-refractivity contribution in [2.45, 2.75) is 13.5 Å². The standard InChI is InChI=1S/C15H15F2NO/c1-2-18-10-11-7-8-15(13(17)9-11)19-14-6-4-3-5-12(14)16/h3-9,18H,2,10H2,1H3. The summed E-state index contributed by atoms with van der Waals surface area (Å²) >= 11 is 0. The van der Waals surface area contributed by atoms with Crippen LogP contribution >= 0.6 is 0 Å². The van der Waals surface area contributed by atoms with Crippen molar-refractivity contribution in [3.63, 3.8) is 0 Å². The summed E-state index contributed by atoms with van der Waals surface area (Å²) in [6.07, 6.45) is 0. The molecule has 1 N–H and O–H groups in total. The van der Waals surface area contributed by atoms with Crippen LogP contribution in [-0.2, 0) is 6.54 Å². The topological polar surface area (TPSA) is 21.3 Å². The minimum Gasteiger partial charge on any atom is -0.451 e. The summed E-state index contributed by atoms with van der Waals surface area (Å²) in [5.41, 5.74) is 0.820. The van der Waals surface area contributed by atoms with Gasteiger partial charge in [0.2, 0.25) is 0 Å². The number of hydrogen-bond acceptors (Lipinski definition) is 2. The molecule has 2 rings (SSSR count). The largest absolute Gasteiger partial charge is 0.451 e. The highest BCUT2D eigenvalue weighted by Gasteiger charge is 2.08. The molecule has 0 aromatic heterocycles. The van der Waals surface area contributed by atoms with E-state index in [0.29, 0.717) is 6.54 Å². The SMILES string of the molecule is CCNCc1ccc(Oc2ccccc2F)c(F)c1. The first kappa shape index (κ1) is 13.5. The Morgan fingerprint density at radius 3 is 2.42 bits per heavy atom. The van der Waals surface area contributed by atoms with E-state index in [1.165, 1.54) is 24.3 Å². The lowest BCUT2D eigenvalue weighted by atomic mass is 10.2. The zero-order chi connectivity index (χ0) is 13.7. The molecule has 0 radical (unpaired) electrons. The van der Waals surface area contributed by atoms with E-state index in [-0.39, 0.29) is 11.5 Å². The van der Waals surface area contributed by atoms with Gasteiger partial charge in [0.1, 0.15) is 0 Å². The van der Waals surface area contributed by atoms with Gasteiger partial charge < -0.3 is 10.1 Å². The molecule has 2 nitrogen and oxygen atoms in total. The summed E-state index contributed by atoms with van der Waals surface area (Å²) in [4.78, 5) is 0. The number of nitrogens with one attached hydrogen (secondary N) is 1. The van der Waals surface area contributed by atoms with Crippen molar-refractivity contribution in [1.29, 1.82) is 0 Å². The molecule has 0 saturated carbocycles. The molecule has 0 heterocycles. The second-order valence-electron chi connectivity index (χ2n) is 4.08. The van der Waals surface area contributed by atoms with E-state index < -0.39 is 11.6 Å². The highest BCUT2D eigenvalue weighted by Crippen LogP contribution is 2.27. The van der Waals surface area contributed by atoms with Crippen LogP contribution in [0.1, 0.15) is 12.5 Å². The van der Waals surface area contributed by atoms with E-state index in [1.54, 1.807) is 18.2 Å². The molecule has 2 aromatic rings. The fraction of sp³-hybridized carbons (Fsp3) is 0.200. The maximum atomic E-state index is 13.8. The second kappa shape index (κ2) is 6.29. The van der Waals surface area contributed by atoms with Crippen molar-refractivity contribution < 1.29 is 13.5 Å². The van der Waals surface area contributed by atoms with Crippen molar-refractivity contribution in [3.8, 4) is 11.5 Å². The third kappa shape index (κ3) is 3.51. The highest BCUT2D eigenvalue weighted by molar-refractivity contribution is 5.35. The zero-order valence-electron chi connectivity index (χ0n) is 10.6. The molecule has 2 aromatic carbocycles. The lowest BCUT2D eigenvalue weighted by Gasteiger charge is -2.09. The Morgan fingerprint density at radius 2 is 1.74 bits per heavy atom. The van der Waals surface area contributed by atoms with Gasteiger partial charge in [-0.3, -0.25) is 0 Å². The molecule has 0 aliphatic heterocycles. The molecule has 0 spiro atoms. The van der Waals surface area contributed by atoms with Crippen LogP contribution < -0.4 is 10.1 Å².